The van der Waals surface area contributed by atoms with Crippen molar-refractivity contribution in [1.29, 1.82) is 0 Å². The highest BCUT2D eigenvalue weighted by molar-refractivity contribution is 5.30. The van der Waals surface area contributed by atoms with Crippen molar-refractivity contribution in [2.45, 2.75) is 19.8 Å². The van der Waals surface area contributed by atoms with Gasteiger partial charge >= 0.3 is 0 Å². The Morgan fingerprint density at radius 3 is 2.78 bits per heavy atom. The van der Waals surface area contributed by atoms with Gasteiger partial charge in [0.1, 0.15) is 0 Å². The van der Waals surface area contributed by atoms with Crippen LogP contribution in [0.1, 0.15) is 19.8 Å². The van der Waals surface area contributed by atoms with E-state index in [4.69, 9.17) is 0 Å². The van der Waals surface area contributed by atoms with Crippen LogP contribution in [0.5, 0.6) is 0 Å². The third kappa shape index (κ3) is 0.288. The van der Waals surface area contributed by atoms with E-state index >= 15 is 0 Å². The van der Waals surface area contributed by atoms with Gasteiger partial charge in [0.05, 0.1) is 0 Å². The van der Waals surface area contributed by atoms with Gasteiger partial charge in [-0.1, -0.05) is 19.1 Å². The molecule has 4 unspecified atom stereocenters. The van der Waals surface area contributed by atoms with E-state index in [1.807, 2.05) is 0 Å². The summed E-state index contributed by atoms with van der Waals surface area (Å²) in [5, 5.41) is 0. The zero-order valence-corrected chi connectivity index (χ0v) is 5.80. The van der Waals surface area contributed by atoms with Crippen molar-refractivity contribution in [2.24, 2.45) is 23.2 Å². The highest BCUT2D eigenvalue weighted by Gasteiger charge is 2.64. The molecule has 2 fully saturated rings. The minimum atomic E-state index is 0.768. The molecule has 2 bridgehead atoms. The van der Waals surface area contributed by atoms with Gasteiger partial charge in [0.25, 0.3) is 0 Å². The van der Waals surface area contributed by atoms with E-state index in [1.165, 1.54) is 12.8 Å². The van der Waals surface area contributed by atoms with E-state index < -0.39 is 0 Å². The highest BCUT2D eigenvalue weighted by Crippen LogP contribution is 2.72. The molecule has 0 aromatic rings. The van der Waals surface area contributed by atoms with Crippen LogP contribution in [0.4, 0.5) is 0 Å². The molecule has 48 valence electrons. The SMILES string of the molecule is CC1CC23C=CC(C2)C13. The molecule has 0 aromatic heterocycles. The van der Waals surface area contributed by atoms with Gasteiger partial charge < -0.3 is 0 Å². The standard InChI is InChI=1S/C9H12/c1-6-4-9-3-2-7(5-9)8(6)9/h2-3,6-8H,4-5H2,1H3. The minimum absolute atomic E-state index is 0.768. The second-order valence-electron chi connectivity index (χ2n) is 4.17. The number of allylic oxidation sites excluding steroid dienone is 2. The molecule has 0 aliphatic heterocycles. The molecule has 0 aromatic carbocycles. The summed E-state index contributed by atoms with van der Waals surface area (Å²) in [6.45, 7) is 2.40. The molecule has 1 spiro atoms. The lowest BCUT2D eigenvalue weighted by Crippen LogP contribution is -2.54. The fourth-order valence-electron chi connectivity index (χ4n) is 3.49. The van der Waals surface area contributed by atoms with E-state index in [0.29, 0.717) is 0 Å². The summed E-state index contributed by atoms with van der Waals surface area (Å²) in [5.74, 6) is 3.14. The van der Waals surface area contributed by atoms with Crippen LogP contribution in [0.2, 0.25) is 0 Å². The average Bonchev–Trinajstić information content (AvgIpc) is 2.20. The second-order valence-corrected chi connectivity index (χ2v) is 4.17. The number of hydrogen-bond donors (Lipinski definition) is 0. The van der Waals surface area contributed by atoms with Gasteiger partial charge in [-0.05, 0) is 36.0 Å². The molecule has 2 saturated carbocycles. The van der Waals surface area contributed by atoms with Crippen molar-refractivity contribution in [3.8, 4) is 0 Å². The van der Waals surface area contributed by atoms with Crippen LogP contribution in [0, 0.1) is 23.2 Å². The van der Waals surface area contributed by atoms with Crippen molar-refractivity contribution < 1.29 is 0 Å². The van der Waals surface area contributed by atoms with Crippen molar-refractivity contribution in [3.63, 3.8) is 0 Å². The van der Waals surface area contributed by atoms with Crippen molar-refractivity contribution >= 4 is 0 Å². The maximum absolute atomic E-state index is 2.49. The molecule has 4 atom stereocenters. The van der Waals surface area contributed by atoms with E-state index in [0.717, 1.165) is 23.2 Å². The fraction of sp³-hybridized carbons (Fsp3) is 0.778. The monoisotopic (exact) mass is 120 g/mol. The summed E-state index contributed by atoms with van der Waals surface area (Å²) in [7, 11) is 0. The summed E-state index contributed by atoms with van der Waals surface area (Å²) < 4.78 is 0. The first-order valence-corrected chi connectivity index (χ1v) is 4.01. The third-order valence-electron chi connectivity index (χ3n) is 3.73. The molecule has 0 N–H and O–H groups in total. The molecular formula is C9H12. The Hall–Kier alpha value is -0.260. The van der Waals surface area contributed by atoms with E-state index in [9.17, 15) is 0 Å². The van der Waals surface area contributed by atoms with Gasteiger partial charge in [-0.2, -0.15) is 0 Å². The molecule has 0 radical (unpaired) electrons. The molecular weight excluding hydrogens is 108 g/mol. The Morgan fingerprint density at radius 1 is 1.44 bits per heavy atom. The summed E-state index contributed by atoms with van der Waals surface area (Å²) in [6, 6.07) is 0. The summed E-state index contributed by atoms with van der Waals surface area (Å²) >= 11 is 0. The van der Waals surface area contributed by atoms with Crippen molar-refractivity contribution in [1.82, 2.24) is 0 Å². The zero-order chi connectivity index (χ0) is 6.06. The van der Waals surface area contributed by atoms with Crippen LogP contribution in [-0.4, -0.2) is 0 Å². The largest absolute Gasteiger partial charge is 0.0845 e. The minimum Gasteiger partial charge on any atom is -0.0845 e. The Morgan fingerprint density at radius 2 is 2.33 bits per heavy atom. The molecule has 4 rings (SSSR count). The first kappa shape index (κ1) is 4.54. The van der Waals surface area contributed by atoms with Crippen LogP contribution < -0.4 is 0 Å². The van der Waals surface area contributed by atoms with E-state index in [1.54, 1.807) is 0 Å². The summed E-state index contributed by atoms with van der Waals surface area (Å²) in [4.78, 5) is 0. The highest BCUT2D eigenvalue weighted by atomic mass is 14.7. The molecule has 4 aliphatic carbocycles. The smallest absolute Gasteiger partial charge is 0.00734 e. The number of hydrogen-bond acceptors (Lipinski definition) is 0. The first-order chi connectivity index (χ1) is 4.32. The Kier molecular flexibility index (Phi) is 0.505. The normalized spacial score (nSPS) is 66.6. The van der Waals surface area contributed by atoms with Gasteiger partial charge in [-0.3, -0.25) is 0 Å². The number of rotatable bonds is 0. The molecule has 0 saturated heterocycles. The quantitative estimate of drug-likeness (QED) is 0.430. The molecule has 0 heteroatoms. The lowest BCUT2D eigenvalue weighted by molar-refractivity contribution is -0.104. The predicted octanol–water partition coefficient (Wildman–Crippen LogP) is 2.22. The summed E-state index contributed by atoms with van der Waals surface area (Å²) in [6.07, 6.45) is 7.93. The molecule has 0 amide bonds. The zero-order valence-electron chi connectivity index (χ0n) is 5.80. The Labute approximate surface area is 56.0 Å². The first-order valence-electron chi connectivity index (χ1n) is 4.01. The molecule has 9 heavy (non-hydrogen) atoms. The van der Waals surface area contributed by atoms with E-state index in [2.05, 4.69) is 19.1 Å². The van der Waals surface area contributed by atoms with Crippen LogP contribution >= 0.6 is 0 Å². The van der Waals surface area contributed by atoms with Crippen LogP contribution in [0.25, 0.3) is 0 Å². The second kappa shape index (κ2) is 1.00. The van der Waals surface area contributed by atoms with Gasteiger partial charge in [-0.25, -0.2) is 0 Å². The van der Waals surface area contributed by atoms with Gasteiger partial charge in [0.15, 0.2) is 0 Å². The lowest BCUT2D eigenvalue weighted by Gasteiger charge is -2.61. The van der Waals surface area contributed by atoms with Crippen LogP contribution in [0.3, 0.4) is 0 Å². The van der Waals surface area contributed by atoms with Gasteiger partial charge in [-0.15, -0.1) is 0 Å². The lowest BCUT2D eigenvalue weighted by atomic mass is 9.43. The van der Waals surface area contributed by atoms with E-state index in [-0.39, 0.29) is 0 Å². The topological polar surface area (TPSA) is 0 Å². The molecule has 0 heterocycles. The molecule has 0 nitrogen and oxygen atoms in total. The van der Waals surface area contributed by atoms with Crippen LogP contribution in [0.15, 0.2) is 12.2 Å². The third-order valence-corrected chi connectivity index (χ3v) is 3.73. The fourth-order valence-corrected chi connectivity index (χ4v) is 3.49. The van der Waals surface area contributed by atoms with Crippen molar-refractivity contribution in [3.05, 3.63) is 12.2 Å². The van der Waals surface area contributed by atoms with Gasteiger partial charge in [0, 0.05) is 0 Å². The maximum Gasteiger partial charge on any atom is -0.00734 e. The Bertz CT molecular complexity index is 192. The average molecular weight is 120 g/mol. The van der Waals surface area contributed by atoms with Gasteiger partial charge in [0.2, 0.25) is 0 Å². The summed E-state index contributed by atoms with van der Waals surface area (Å²) in [5.41, 5.74) is 0.768. The van der Waals surface area contributed by atoms with Crippen LogP contribution in [-0.2, 0) is 0 Å². The Balaban J connectivity index is 2.03. The van der Waals surface area contributed by atoms with Crippen molar-refractivity contribution in [2.75, 3.05) is 0 Å². The molecule has 4 aliphatic rings. The predicted molar refractivity (Wildman–Crippen MR) is 37.0 cm³/mol. The maximum atomic E-state index is 2.49.